The number of hydrogen-bond donors (Lipinski definition) is 2. The van der Waals surface area contributed by atoms with Gasteiger partial charge in [0, 0.05) is 82.3 Å². The van der Waals surface area contributed by atoms with Crippen LogP contribution in [0.1, 0.15) is 53.4 Å². The maximum absolute atomic E-state index is 13.8. The number of likely N-dealkylation sites (tertiary alicyclic amines) is 2. The van der Waals surface area contributed by atoms with Crippen LogP contribution in [0, 0.1) is 6.92 Å². The lowest BCUT2D eigenvalue weighted by Gasteiger charge is -2.43. The van der Waals surface area contributed by atoms with Crippen molar-refractivity contribution in [2.45, 2.75) is 64.3 Å². The fourth-order valence-electron chi connectivity index (χ4n) is 6.49. The van der Waals surface area contributed by atoms with Crippen molar-refractivity contribution in [2.75, 3.05) is 38.0 Å². The number of hydrogen-bond acceptors (Lipinski definition) is 8. The minimum absolute atomic E-state index is 0.0134. The molecule has 220 valence electrons. The van der Waals surface area contributed by atoms with E-state index < -0.39 is 6.10 Å². The Bertz CT molecular complexity index is 1460. The van der Waals surface area contributed by atoms with E-state index in [2.05, 4.69) is 39.5 Å². The monoisotopic (exact) mass is 569 g/mol. The summed E-state index contributed by atoms with van der Waals surface area (Å²) in [5, 5.41) is 14.7. The van der Waals surface area contributed by atoms with Gasteiger partial charge in [0.05, 0.1) is 6.10 Å². The number of pyridine rings is 1. The SMILES string of the molecule is CC(=O)N1CCC(Nc2cc(C(=O)N3CC[C@@H](N4CCc5ccccc5C4)[C@H](O)C3)nc(-c3cnccc3C)n2)CC1. The third-order valence-electron chi connectivity index (χ3n) is 8.98. The molecular formula is C32H39N7O3. The molecule has 0 bridgehead atoms. The quantitative estimate of drug-likeness (QED) is 0.482. The van der Waals surface area contributed by atoms with E-state index in [1.807, 2.05) is 17.9 Å². The predicted octanol–water partition coefficient (Wildman–Crippen LogP) is 2.90. The number of rotatable bonds is 5. The first-order valence-electron chi connectivity index (χ1n) is 15.0. The third-order valence-corrected chi connectivity index (χ3v) is 8.98. The normalized spacial score (nSPS) is 21.6. The first-order valence-corrected chi connectivity index (χ1v) is 15.0. The molecule has 0 saturated carbocycles. The van der Waals surface area contributed by atoms with E-state index in [1.165, 1.54) is 11.1 Å². The zero-order valence-electron chi connectivity index (χ0n) is 24.4. The van der Waals surface area contributed by atoms with E-state index in [0.29, 0.717) is 43.4 Å². The lowest BCUT2D eigenvalue weighted by Crippen LogP contribution is -2.56. The Morgan fingerprint density at radius 3 is 2.48 bits per heavy atom. The molecule has 6 rings (SSSR count). The average Bonchev–Trinajstić information content (AvgIpc) is 3.00. The van der Waals surface area contributed by atoms with Crippen LogP contribution in [0.3, 0.4) is 0 Å². The van der Waals surface area contributed by atoms with E-state index in [1.54, 1.807) is 30.3 Å². The van der Waals surface area contributed by atoms with Gasteiger partial charge in [0.2, 0.25) is 5.91 Å². The number of fused-ring (bicyclic) bond motifs is 1. The summed E-state index contributed by atoms with van der Waals surface area (Å²) in [5.74, 6) is 0.901. The molecule has 2 amide bonds. The number of aryl methyl sites for hydroxylation is 1. The molecule has 2 saturated heterocycles. The first-order chi connectivity index (χ1) is 20.4. The van der Waals surface area contributed by atoms with Crippen LogP contribution in [0.2, 0.25) is 0 Å². The Kier molecular flexibility index (Phi) is 8.17. The Hall–Kier alpha value is -3.89. The molecule has 0 unspecified atom stereocenters. The van der Waals surface area contributed by atoms with Crippen LogP contribution in [-0.4, -0.2) is 97.5 Å². The number of nitrogens with one attached hydrogen (secondary N) is 1. The van der Waals surface area contributed by atoms with Crippen molar-refractivity contribution >= 4 is 17.6 Å². The highest BCUT2D eigenvalue weighted by Gasteiger charge is 2.36. The first kappa shape index (κ1) is 28.2. The maximum atomic E-state index is 13.8. The maximum Gasteiger partial charge on any atom is 0.272 e. The summed E-state index contributed by atoms with van der Waals surface area (Å²) in [6.45, 7) is 7.50. The molecule has 42 heavy (non-hydrogen) atoms. The van der Waals surface area contributed by atoms with Crippen molar-refractivity contribution in [3.8, 4) is 11.4 Å². The highest BCUT2D eigenvalue weighted by atomic mass is 16.3. The zero-order valence-corrected chi connectivity index (χ0v) is 24.4. The minimum atomic E-state index is -0.640. The summed E-state index contributed by atoms with van der Waals surface area (Å²) < 4.78 is 0. The van der Waals surface area contributed by atoms with E-state index in [-0.39, 0.29) is 30.4 Å². The highest BCUT2D eigenvalue weighted by molar-refractivity contribution is 5.93. The molecule has 5 heterocycles. The molecule has 3 aliphatic heterocycles. The molecule has 3 aromatic rings. The van der Waals surface area contributed by atoms with E-state index in [9.17, 15) is 14.7 Å². The number of nitrogens with zero attached hydrogens (tertiary/aromatic N) is 6. The Balaban J connectivity index is 1.19. The molecular weight excluding hydrogens is 530 g/mol. The number of β-amino-alcohol motifs (C(OH)–C–C–N with tert-alkyl or cyclic N) is 1. The second-order valence-electron chi connectivity index (χ2n) is 11.7. The fourth-order valence-corrected chi connectivity index (χ4v) is 6.49. The summed E-state index contributed by atoms with van der Waals surface area (Å²) in [5.41, 5.74) is 4.73. The van der Waals surface area contributed by atoms with E-state index >= 15 is 0 Å². The van der Waals surface area contributed by atoms with Crippen LogP contribution < -0.4 is 5.32 Å². The molecule has 2 fully saturated rings. The van der Waals surface area contributed by atoms with Crippen LogP contribution in [0.15, 0.2) is 48.8 Å². The molecule has 2 N–H and O–H groups in total. The Morgan fingerprint density at radius 1 is 0.976 bits per heavy atom. The molecule has 10 nitrogen and oxygen atoms in total. The summed E-state index contributed by atoms with van der Waals surface area (Å²) in [6, 6.07) is 12.3. The van der Waals surface area contributed by atoms with Gasteiger partial charge in [0.25, 0.3) is 5.91 Å². The van der Waals surface area contributed by atoms with Crippen molar-refractivity contribution in [1.82, 2.24) is 29.7 Å². The summed E-state index contributed by atoms with van der Waals surface area (Å²) >= 11 is 0. The van der Waals surface area contributed by atoms with Crippen molar-refractivity contribution in [1.29, 1.82) is 0 Å². The number of aliphatic hydroxyl groups is 1. The van der Waals surface area contributed by atoms with Gasteiger partial charge >= 0.3 is 0 Å². The van der Waals surface area contributed by atoms with Gasteiger partial charge in [-0.2, -0.15) is 0 Å². The van der Waals surface area contributed by atoms with Crippen LogP contribution in [-0.2, 0) is 17.8 Å². The predicted molar refractivity (Wildman–Crippen MR) is 160 cm³/mol. The lowest BCUT2D eigenvalue weighted by molar-refractivity contribution is -0.129. The summed E-state index contributed by atoms with van der Waals surface area (Å²) in [7, 11) is 0. The average molecular weight is 570 g/mol. The van der Waals surface area contributed by atoms with Gasteiger partial charge in [0.1, 0.15) is 11.5 Å². The van der Waals surface area contributed by atoms with Crippen LogP contribution in [0.4, 0.5) is 5.82 Å². The fraction of sp³-hybridized carbons (Fsp3) is 0.469. The number of aliphatic hydroxyl groups excluding tert-OH is 1. The molecule has 1 aromatic carbocycles. The number of amides is 2. The summed E-state index contributed by atoms with van der Waals surface area (Å²) in [6.07, 6.45) is 6.09. The number of aromatic nitrogens is 3. The second kappa shape index (κ2) is 12.1. The number of carbonyl (C=O) groups excluding carboxylic acids is 2. The van der Waals surface area contributed by atoms with Gasteiger partial charge in [-0.1, -0.05) is 24.3 Å². The van der Waals surface area contributed by atoms with Crippen LogP contribution in [0.5, 0.6) is 0 Å². The van der Waals surface area contributed by atoms with Crippen molar-refractivity contribution in [3.63, 3.8) is 0 Å². The van der Waals surface area contributed by atoms with Gasteiger partial charge in [-0.15, -0.1) is 0 Å². The van der Waals surface area contributed by atoms with Gasteiger partial charge in [-0.3, -0.25) is 19.5 Å². The van der Waals surface area contributed by atoms with Gasteiger partial charge in [-0.05, 0) is 55.4 Å². The molecule has 0 spiro atoms. The molecule has 2 aromatic heterocycles. The largest absolute Gasteiger partial charge is 0.390 e. The number of anilines is 1. The summed E-state index contributed by atoms with van der Waals surface area (Å²) in [4.78, 5) is 45.3. The number of piperidine rings is 2. The number of benzene rings is 1. The lowest BCUT2D eigenvalue weighted by atomic mass is 9.94. The van der Waals surface area contributed by atoms with Gasteiger partial charge in [-0.25, -0.2) is 9.97 Å². The molecule has 0 radical (unpaired) electrons. The van der Waals surface area contributed by atoms with Crippen molar-refractivity contribution < 1.29 is 14.7 Å². The Morgan fingerprint density at radius 2 is 1.74 bits per heavy atom. The molecule has 3 aliphatic rings. The molecule has 2 atom stereocenters. The van der Waals surface area contributed by atoms with Gasteiger partial charge < -0.3 is 20.2 Å². The molecule has 0 aliphatic carbocycles. The second-order valence-corrected chi connectivity index (χ2v) is 11.7. The van der Waals surface area contributed by atoms with Crippen LogP contribution >= 0.6 is 0 Å². The van der Waals surface area contributed by atoms with E-state index in [0.717, 1.165) is 43.5 Å². The molecule has 10 heteroatoms. The zero-order chi connectivity index (χ0) is 29.2. The minimum Gasteiger partial charge on any atom is -0.390 e. The number of carbonyl (C=O) groups is 2. The van der Waals surface area contributed by atoms with Crippen molar-refractivity contribution in [3.05, 3.63) is 71.2 Å². The van der Waals surface area contributed by atoms with E-state index in [4.69, 9.17) is 9.97 Å². The smallest absolute Gasteiger partial charge is 0.272 e. The van der Waals surface area contributed by atoms with Crippen LogP contribution in [0.25, 0.3) is 11.4 Å². The highest BCUT2D eigenvalue weighted by Crippen LogP contribution is 2.27. The standard InChI is InChI=1S/C32H39N7O3/c1-21-7-12-33-18-26(21)31-35-27(17-30(36-31)34-25-9-14-37(15-10-25)22(2)40)32(42)39-16-11-28(29(41)20-39)38-13-8-23-5-3-4-6-24(23)19-38/h3-7,12,17-18,25,28-29,41H,8-11,13-16,19-20H2,1-2H3,(H,34,35,36)/t28-,29-/m1/s1. The third kappa shape index (κ3) is 6.00. The van der Waals surface area contributed by atoms with Crippen molar-refractivity contribution in [2.24, 2.45) is 0 Å². The topological polar surface area (TPSA) is 115 Å². The Labute approximate surface area is 246 Å². The van der Waals surface area contributed by atoms with Gasteiger partial charge in [0.15, 0.2) is 5.82 Å².